The molecule has 10 heteroatoms. The van der Waals surface area contributed by atoms with Gasteiger partial charge in [-0.2, -0.15) is 0 Å². The predicted octanol–water partition coefficient (Wildman–Crippen LogP) is 1.89. The van der Waals surface area contributed by atoms with Crippen molar-refractivity contribution in [2.45, 2.75) is 0 Å². The number of anilines is 2. The molecule has 1 aromatic heterocycles. The molecule has 2 rings (SSSR count). The quantitative estimate of drug-likeness (QED) is 0.439. The Morgan fingerprint density at radius 2 is 1.95 bits per heavy atom. The van der Waals surface area contributed by atoms with Crippen molar-refractivity contribution in [2.75, 3.05) is 10.6 Å². The fourth-order valence-electron chi connectivity index (χ4n) is 1.52. The number of non-ortho nitro benzene ring substituents is 1. The molecule has 0 saturated heterocycles. The van der Waals surface area contributed by atoms with Crippen LogP contribution in [0.2, 0.25) is 0 Å². The third-order valence-electron chi connectivity index (χ3n) is 2.51. The molecule has 9 nitrogen and oxygen atoms in total. The molecule has 0 fully saturated rings. The summed E-state index contributed by atoms with van der Waals surface area (Å²) < 4.78 is 0. The van der Waals surface area contributed by atoms with Crippen molar-refractivity contribution in [3.8, 4) is 0 Å². The third-order valence-corrected chi connectivity index (χ3v) is 2.71. The number of rotatable bonds is 4. The highest BCUT2D eigenvalue weighted by molar-refractivity contribution is 7.80. The average molecular weight is 319 g/mol. The molecule has 0 unspecified atom stereocenters. The number of nitro groups is 1. The van der Waals surface area contributed by atoms with E-state index >= 15 is 0 Å². The van der Waals surface area contributed by atoms with Gasteiger partial charge in [-0.05, 0) is 24.4 Å². The zero-order valence-electron chi connectivity index (χ0n) is 10.9. The number of nitrogens with one attached hydrogen (secondary N) is 2. The maximum Gasteiger partial charge on any atom is 0.341 e. The standard InChI is InChI=1S/C12H9N5O4S/c18-11(19)9-5-13-6-14-10(9)16-12(22)15-7-1-3-8(4-2-7)17(20)21/h1-6H,(H,18,19)(H2,13,14,15,16,22). The van der Waals surface area contributed by atoms with Crippen LogP contribution in [0.4, 0.5) is 17.2 Å². The van der Waals surface area contributed by atoms with Crippen molar-refractivity contribution in [3.63, 3.8) is 0 Å². The first-order valence-electron chi connectivity index (χ1n) is 5.83. The molecule has 1 aromatic carbocycles. The Labute approximate surface area is 129 Å². The van der Waals surface area contributed by atoms with Gasteiger partial charge in [-0.25, -0.2) is 14.8 Å². The molecule has 112 valence electrons. The molecule has 0 saturated carbocycles. The van der Waals surface area contributed by atoms with Crippen LogP contribution in [-0.2, 0) is 0 Å². The van der Waals surface area contributed by atoms with Gasteiger partial charge in [0, 0.05) is 24.0 Å². The number of nitro benzene ring substituents is 1. The van der Waals surface area contributed by atoms with Gasteiger partial charge in [-0.1, -0.05) is 0 Å². The van der Waals surface area contributed by atoms with E-state index in [4.69, 9.17) is 17.3 Å². The highest BCUT2D eigenvalue weighted by Gasteiger charge is 2.12. The fourth-order valence-corrected chi connectivity index (χ4v) is 1.74. The monoisotopic (exact) mass is 319 g/mol. The van der Waals surface area contributed by atoms with Crippen LogP contribution in [-0.4, -0.2) is 31.1 Å². The molecule has 0 atom stereocenters. The van der Waals surface area contributed by atoms with E-state index in [1.54, 1.807) is 0 Å². The van der Waals surface area contributed by atoms with Crippen LogP contribution in [0.3, 0.4) is 0 Å². The van der Waals surface area contributed by atoms with E-state index in [-0.39, 0.29) is 22.2 Å². The number of carboxylic acids is 1. The number of nitrogens with zero attached hydrogens (tertiary/aromatic N) is 3. The summed E-state index contributed by atoms with van der Waals surface area (Å²) in [6.07, 6.45) is 2.33. The van der Waals surface area contributed by atoms with E-state index in [1.807, 2.05) is 0 Å². The number of carbonyl (C=O) groups is 1. The van der Waals surface area contributed by atoms with E-state index in [0.29, 0.717) is 5.69 Å². The first-order valence-corrected chi connectivity index (χ1v) is 6.24. The highest BCUT2D eigenvalue weighted by Crippen LogP contribution is 2.16. The average Bonchev–Trinajstić information content (AvgIpc) is 2.48. The van der Waals surface area contributed by atoms with Crippen LogP contribution in [0.15, 0.2) is 36.8 Å². The van der Waals surface area contributed by atoms with E-state index in [1.165, 1.54) is 30.6 Å². The summed E-state index contributed by atoms with van der Waals surface area (Å²) in [6, 6.07) is 5.59. The van der Waals surface area contributed by atoms with Gasteiger partial charge in [0.2, 0.25) is 0 Å². The van der Waals surface area contributed by atoms with Crippen molar-refractivity contribution in [3.05, 3.63) is 52.5 Å². The molecule has 22 heavy (non-hydrogen) atoms. The Kier molecular flexibility index (Phi) is 4.53. The summed E-state index contributed by atoms with van der Waals surface area (Å²) in [5.41, 5.74) is 0.331. The van der Waals surface area contributed by atoms with Crippen molar-refractivity contribution >= 4 is 40.5 Å². The Morgan fingerprint density at radius 1 is 1.27 bits per heavy atom. The van der Waals surface area contributed by atoms with Crippen molar-refractivity contribution in [2.24, 2.45) is 0 Å². The first kappa shape index (κ1) is 15.3. The lowest BCUT2D eigenvalue weighted by molar-refractivity contribution is -0.384. The molecular formula is C12H9N5O4S. The summed E-state index contributed by atoms with van der Waals surface area (Å²) in [4.78, 5) is 28.5. The summed E-state index contributed by atoms with van der Waals surface area (Å²) in [7, 11) is 0. The van der Waals surface area contributed by atoms with Crippen LogP contribution in [0.5, 0.6) is 0 Å². The Balaban J connectivity index is 2.07. The maximum absolute atomic E-state index is 11.0. The third kappa shape index (κ3) is 3.70. The molecule has 0 bridgehead atoms. The summed E-state index contributed by atoms with van der Waals surface area (Å²) in [5, 5.41) is 25.0. The highest BCUT2D eigenvalue weighted by atomic mass is 32.1. The second-order valence-corrected chi connectivity index (χ2v) is 4.38. The fraction of sp³-hybridized carbons (Fsp3) is 0. The van der Waals surface area contributed by atoms with Gasteiger partial charge in [-0.3, -0.25) is 10.1 Å². The Morgan fingerprint density at radius 3 is 2.55 bits per heavy atom. The van der Waals surface area contributed by atoms with Gasteiger partial charge in [-0.15, -0.1) is 0 Å². The SMILES string of the molecule is O=C(O)c1cncnc1NC(=S)Nc1ccc([N+](=O)[O-])cc1. The maximum atomic E-state index is 11.0. The summed E-state index contributed by atoms with van der Waals surface area (Å²) >= 11 is 5.04. The van der Waals surface area contributed by atoms with Crippen LogP contribution in [0.25, 0.3) is 0 Å². The van der Waals surface area contributed by atoms with Crippen LogP contribution < -0.4 is 10.6 Å². The number of aromatic carboxylic acids is 1. The zero-order chi connectivity index (χ0) is 16.1. The molecule has 0 aliphatic carbocycles. The summed E-state index contributed by atoms with van der Waals surface area (Å²) in [5.74, 6) is -1.15. The number of aromatic nitrogens is 2. The minimum absolute atomic E-state index is 0.0434. The minimum Gasteiger partial charge on any atom is -0.477 e. The van der Waals surface area contributed by atoms with Gasteiger partial charge in [0.25, 0.3) is 5.69 Å². The minimum atomic E-state index is -1.19. The molecule has 0 aliphatic heterocycles. The Bertz CT molecular complexity index is 735. The largest absolute Gasteiger partial charge is 0.477 e. The molecule has 1 heterocycles. The molecule has 0 radical (unpaired) electrons. The van der Waals surface area contributed by atoms with E-state index in [9.17, 15) is 14.9 Å². The topological polar surface area (TPSA) is 130 Å². The van der Waals surface area contributed by atoms with Crippen molar-refractivity contribution in [1.82, 2.24) is 9.97 Å². The normalized spacial score (nSPS) is 9.82. The van der Waals surface area contributed by atoms with Gasteiger partial charge >= 0.3 is 5.97 Å². The van der Waals surface area contributed by atoms with Gasteiger partial charge in [0.05, 0.1) is 4.92 Å². The van der Waals surface area contributed by atoms with Gasteiger partial charge in [0.1, 0.15) is 17.7 Å². The van der Waals surface area contributed by atoms with Crippen LogP contribution in [0, 0.1) is 10.1 Å². The second-order valence-electron chi connectivity index (χ2n) is 3.97. The van der Waals surface area contributed by atoms with Crippen LogP contribution in [0.1, 0.15) is 10.4 Å². The number of benzene rings is 1. The molecule has 0 amide bonds. The smallest absolute Gasteiger partial charge is 0.341 e. The lowest BCUT2D eigenvalue weighted by Crippen LogP contribution is -2.21. The lowest BCUT2D eigenvalue weighted by Gasteiger charge is -2.10. The Hall–Kier alpha value is -3.14. The van der Waals surface area contributed by atoms with E-state index < -0.39 is 10.9 Å². The number of carboxylic acid groups (broad SMARTS) is 1. The van der Waals surface area contributed by atoms with E-state index in [0.717, 1.165) is 6.20 Å². The van der Waals surface area contributed by atoms with Gasteiger partial charge in [0.15, 0.2) is 5.11 Å². The van der Waals surface area contributed by atoms with Gasteiger partial charge < -0.3 is 15.7 Å². The lowest BCUT2D eigenvalue weighted by atomic mass is 10.3. The number of hydrogen-bond acceptors (Lipinski definition) is 6. The molecule has 2 aromatic rings. The predicted molar refractivity (Wildman–Crippen MR) is 81.9 cm³/mol. The number of hydrogen-bond donors (Lipinski definition) is 3. The summed E-state index contributed by atoms with van der Waals surface area (Å²) in [6.45, 7) is 0. The van der Waals surface area contributed by atoms with Crippen LogP contribution >= 0.6 is 12.2 Å². The first-order chi connectivity index (χ1) is 10.5. The van der Waals surface area contributed by atoms with Crippen molar-refractivity contribution in [1.29, 1.82) is 0 Å². The van der Waals surface area contributed by atoms with Crippen molar-refractivity contribution < 1.29 is 14.8 Å². The molecule has 0 spiro atoms. The van der Waals surface area contributed by atoms with E-state index in [2.05, 4.69) is 20.6 Å². The molecule has 3 N–H and O–H groups in total. The molecule has 0 aliphatic rings. The second kappa shape index (κ2) is 6.54. The molecular weight excluding hydrogens is 310 g/mol. The zero-order valence-corrected chi connectivity index (χ0v) is 11.7. The number of thiocarbonyl (C=S) groups is 1.